The van der Waals surface area contributed by atoms with Gasteiger partial charge in [-0.15, -0.1) is 0 Å². The van der Waals surface area contributed by atoms with Gasteiger partial charge in [0.15, 0.2) is 12.2 Å². The van der Waals surface area contributed by atoms with Crippen molar-refractivity contribution in [2.75, 3.05) is 39.6 Å². The number of allylic oxidation sites excluding steroid dienone is 14. The Morgan fingerprint density at radius 1 is 0.302 bits per heavy atom. The summed E-state index contributed by atoms with van der Waals surface area (Å²) < 4.78 is 68.4. The number of rotatable bonds is 71. The Balaban J connectivity index is 5.33. The molecule has 0 aliphatic heterocycles. The summed E-state index contributed by atoms with van der Waals surface area (Å²) in [5, 5.41) is 10.6. The van der Waals surface area contributed by atoms with Crippen LogP contribution in [0.5, 0.6) is 0 Å². The third-order valence-electron chi connectivity index (χ3n) is 15.8. The first-order chi connectivity index (χ1) is 46.7. The summed E-state index contributed by atoms with van der Waals surface area (Å²) in [6, 6.07) is 0. The largest absolute Gasteiger partial charge is 0.472 e. The van der Waals surface area contributed by atoms with E-state index in [0.29, 0.717) is 25.7 Å². The van der Waals surface area contributed by atoms with E-state index >= 15 is 0 Å². The third kappa shape index (κ3) is 68.8. The second-order valence-corrected chi connectivity index (χ2v) is 28.1. The maximum absolute atomic E-state index is 13.1. The Morgan fingerprint density at radius 3 is 0.885 bits per heavy atom. The van der Waals surface area contributed by atoms with Crippen LogP contribution in [0.15, 0.2) is 85.1 Å². The fourth-order valence-corrected chi connectivity index (χ4v) is 11.6. The Hall–Kier alpha value is -3.76. The number of hydrogen-bond acceptors (Lipinski definition) is 15. The molecule has 96 heavy (non-hydrogen) atoms. The second kappa shape index (κ2) is 69.7. The zero-order valence-electron chi connectivity index (χ0n) is 60.5. The minimum atomic E-state index is -4.97. The summed E-state index contributed by atoms with van der Waals surface area (Å²) in [4.78, 5) is 72.7. The second-order valence-electron chi connectivity index (χ2n) is 25.2. The van der Waals surface area contributed by atoms with Crippen molar-refractivity contribution in [2.24, 2.45) is 0 Å². The van der Waals surface area contributed by atoms with Gasteiger partial charge in [-0.3, -0.25) is 37.3 Å². The van der Waals surface area contributed by atoms with E-state index in [1.807, 2.05) is 0 Å². The lowest BCUT2D eigenvalue weighted by Gasteiger charge is -2.21. The summed E-state index contributed by atoms with van der Waals surface area (Å²) in [6.45, 7) is 4.65. The Labute approximate surface area is 583 Å². The smallest absolute Gasteiger partial charge is 0.462 e. The van der Waals surface area contributed by atoms with Gasteiger partial charge in [0.05, 0.1) is 26.4 Å². The van der Waals surface area contributed by atoms with Crippen molar-refractivity contribution in [3.8, 4) is 0 Å². The molecule has 5 unspecified atom stereocenters. The van der Waals surface area contributed by atoms with Crippen molar-refractivity contribution < 1.29 is 80.2 Å². The average molecular weight is 1400 g/mol. The predicted molar refractivity (Wildman–Crippen MR) is 390 cm³/mol. The quantitative estimate of drug-likeness (QED) is 0.0169. The maximum atomic E-state index is 13.1. The van der Waals surface area contributed by atoms with E-state index in [-0.39, 0.29) is 25.7 Å². The van der Waals surface area contributed by atoms with Crippen LogP contribution in [0, 0.1) is 0 Å². The van der Waals surface area contributed by atoms with Crippen molar-refractivity contribution in [2.45, 2.75) is 341 Å². The van der Waals surface area contributed by atoms with E-state index in [0.717, 1.165) is 167 Å². The molecule has 0 fully saturated rings. The zero-order valence-corrected chi connectivity index (χ0v) is 62.3. The molecule has 0 rings (SSSR count). The molecule has 0 aliphatic carbocycles. The van der Waals surface area contributed by atoms with Gasteiger partial charge in [-0.05, 0) is 116 Å². The standard InChI is InChI=1S/C77H136O17P2/c1-5-9-13-17-21-25-29-32-34-35-37-40-43-46-50-54-58-62-75(80)87-67-72(93-76(81)63-59-55-51-47-41-28-24-20-16-12-8-4)69-91-95(83,84)89-65-71(78)66-90-96(85,86)92-70-73(94-77(82)64-60-56-52-48-44-38-31-27-23-19-15-11-7-3)68-88-74(79)61-57-53-49-45-42-39-36-33-30-26-22-18-14-10-6-2/h9,13,15,19,21,25,27,31-34,36-37,40,71-73,78H,5-8,10-12,14,16-18,20,22-24,26,28-30,35,38-39,41-70H2,1-4H3,(H,83,84)(H,85,86)/b13-9-,19-15-,25-21-,31-27-,34-32-,36-33-,40-37-. The molecule has 556 valence electrons. The summed E-state index contributed by atoms with van der Waals surface area (Å²) >= 11 is 0. The molecule has 0 spiro atoms. The monoisotopic (exact) mass is 1390 g/mol. The molecular weight excluding hydrogens is 1260 g/mol. The number of phosphoric ester groups is 2. The zero-order chi connectivity index (χ0) is 70.4. The van der Waals surface area contributed by atoms with Gasteiger partial charge in [-0.25, -0.2) is 9.13 Å². The van der Waals surface area contributed by atoms with Crippen LogP contribution in [0.25, 0.3) is 0 Å². The summed E-state index contributed by atoms with van der Waals surface area (Å²) in [6.07, 6.45) is 70.1. The predicted octanol–water partition coefficient (Wildman–Crippen LogP) is 21.4. The average Bonchev–Trinajstić information content (AvgIpc) is 1.13. The molecule has 17 nitrogen and oxygen atoms in total. The van der Waals surface area contributed by atoms with Crippen molar-refractivity contribution in [1.82, 2.24) is 0 Å². The molecule has 0 aliphatic rings. The third-order valence-corrected chi connectivity index (χ3v) is 17.7. The number of phosphoric acid groups is 2. The molecule has 0 saturated carbocycles. The van der Waals surface area contributed by atoms with Crippen LogP contribution in [0.3, 0.4) is 0 Å². The van der Waals surface area contributed by atoms with Gasteiger partial charge >= 0.3 is 39.5 Å². The first-order valence-corrected chi connectivity index (χ1v) is 40.8. The number of carbonyl (C=O) groups excluding carboxylic acids is 4. The van der Waals surface area contributed by atoms with Gasteiger partial charge in [-0.1, -0.05) is 267 Å². The molecule has 5 atom stereocenters. The number of hydrogen-bond donors (Lipinski definition) is 3. The van der Waals surface area contributed by atoms with E-state index < -0.39 is 97.5 Å². The Bertz CT molecular complexity index is 2160. The molecule has 0 amide bonds. The SMILES string of the molecule is CC/C=C\C/C=C\C/C=C\C/C=C\CCCCCCC(=O)OCC(COP(=O)(O)OCC(O)COP(=O)(O)OCC(COC(=O)CCCCCCC/C=C\CCCCCCCC)OC(=O)CCCCCCC/C=C\C/C=C\CCC)OC(=O)CCCCCCCCCCCCC. The van der Waals surface area contributed by atoms with Crippen molar-refractivity contribution >= 4 is 39.5 Å². The van der Waals surface area contributed by atoms with Gasteiger partial charge in [0.2, 0.25) is 0 Å². The number of ether oxygens (including phenoxy) is 4. The number of esters is 4. The van der Waals surface area contributed by atoms with Crippen molar-refractivity contribution in [3.63, 3.8) is 0 Å². The first kappa shape index (κ1) is 92.2. The van der Waals surface area contributed by atoms with Crippen LogP contribution in [0.1, 0.15) is 323 Å². The van der Waals surface area contributed by atoms with Gasteiger partial charge in [0.1, 0.15) is 19.3 Å². The van der Waals surface area contributed by atoms with Crippen molar-refractivity contribution in [3.05, 3.63) is 85.1 Å². The lowest BCUT2D eigenvalue weighted by molar-refractivity contribution is -0.161. The fraction of sp³-hybridized carbons (Fsp3) is 0.766. The van der Waals surface area contributed by atoms with Gasteiger partial charge in [0.25, 0.3) is 0 Å². The van der Waals surface area contributed by atoms with Gasteiger partial charge < -0.3 is 33.8 Å². The molecule has 0 aromatic rings. The van der Waals surface area contributed by atoms with Gasteiger partial charge in [0, 0.05) is 25.7 Å². The number of unbranched alkanes of at least 4 members (excludes halogenated alkanes) is 31. The molecule has 0 aromatic heterocycles. The van der Waals surface area contributed by atoms with E-state index in [1.54, 1.807) is 0 Å². The van der Waals surface area contributed by atoms with Crippen LogP contribution >= 0.6 is 15.6 Å². The highest BCUT2D eigenvalue weighted by Gasteiger charge is 2.30. The van der Waals surface area contributed by atoms with Crippen molar-refractivity contribution in [1.29, 1.82) is 0 Å². The molecular formula is C77H136O17P2. The van der Waals surface area contributed by atoms with E-state index in [4.69, 9.17) is 37.0 Å². The molecule has 3 N–H and O–H groups in total. The number of carbonyl (C=O) groups is 4. The van der Waals surface area contributed by atoms with Gasteiger partial charge in [-0.2, -0.15) is 0 Å². The molecule has 0 aromatic carbocycles. The molecule has 0 heterocycles. The number of aliphatic hydroxyl groups is 1. The highest BCUT2D eigenvalue weighted by molar-refractivity contribution is 7.47. The normalized spacial score (nSPS) is 14.4. The van der Waals surface area contributed by atoms with E-state index in [1.165, 1.54) is 77.0 Å². The summed E-state index contributed by atoms with van der Waals surface area (Å²) in [5.41, 5.74) is 0. The molecule has 0 saturated heterocycles. The number of aliphatic hydroxyl groups excluding tert-OH is 1. The Kier molecular flexibility index (Phi) is 67.0. The van der Waals surface area contributed by atoms with Crippen LogP contribution in [0.2, 0.25) is 0 Å². The highest BCUT2D eigenvalue weighted by Crippen LogP contribution is 2.45. The van der Waals surface area contributed by atoms with Crippen LogP contribution in [-0.4, -0.2) is 96.7 Å². The highest BCUT2D eigenvalue weighted by atomic mass is 31.2. The summed E-state index contributed by atoms with van der Waals surface area (Å²) in [5.74, 6) is -2.21. The van der Waals surface area contributed by atoms with Crippen LogP contribution < -0.4 is 0 Å². The lowest BCUT2D eigenvalue weighted by Crippen LogP contribution is -2.30. The maximum Gasteiger partial charge on any atom is 0.472 e. The molecule has 19 heteroatoms. The lowest BCUT2D eigenvalue weighted by atomic mass is 10.1. The minimum Gasteiger partial charge on any atom is -0.462 e. The van der Waals surface area contributed by atoms with Crippen LogP contribution in [0.4, 0.5) is 0 Å². The fourth-order valence-electron chi connectivity index (χ4n) is 10.1. The van der Waals surface area contributed by atoms with Crippen LogP contribution in [-0.2, 0) is 65.4 Å². The minimum absolute atomic E-state index is 0.0787. The summed E-state index contributed by atoms with van der Waals surface area (Å²) in [7, 11) is -9.95. The van der Waals surface area contributed by atoms with E-state index in [9.17, 15) is 43.2 Å². The topological polar surface area (TPSA) is 237 Å². The molecule has 0 radical (unpaired) electrons. The first-order valence-electron chi connectivity index (χ1n) is 37.8. The molecule has 0 bridgehead atoms. The van der Waals surface area contributed by atoms with E-state index in [2.05, 4.69) is 113 Å². The Morgan fingerprint density at radius 2 is 0.562 bits per heavy atom.